The third-order valence-electron chi connectivity index (χ3n) is 2.71. The predicted octanol–water partition coefficient (Wildman–Crippen LogP) is 3.35. The number of alkyl halides is 3. The first-order chi connectivity index (χ1) is 10.2. The molecule has 1 aromatic carbocycles. The summed E-state index contributed by atoms with van der Waals surface area (Å²) in [6, 6.07) is 9.36. The molecule has 0 fully saturated rings. The molecule has 1 unspecified atom stereocenters. The molecule has 0 aliphatic carbocycles. The van der Waals surface area contributed by atoms with E-state index >= 15 is 0 Å². The molecule has 1 aromatic rings. The molecular weight excluding hydrogens is 313 g/mol. The summed E-state index contributed by atoms with van der Waals surface area (Å²) in [5.74, 6) is -1.64. The van der Waals surface area contributed by atoms with Gasteiger partial charge in [0.25, 0.3) is 0 Å². The maximum Gasteiger partial charge on any atom is 0.396 e. The fourth-order valence-corrected chi connectivity index (χ4v) is 1.38. The Hall–Kier alpha value is -1.96. The molecule has 0 radical (unpaired) electrons. The van der Waals surface area contributed by atoms with Gasteiger partial charge in [-0.1, -0.05) is 30.3 Å². The van der Waals surface area contributed by atoms with Crippen LogP contribution >= 0.6 is 12.2 Å². The Labute approximate surface area is 132 Å². The molecule has 1 atom stereocenters. The van der Waals surface area contributed by atoms with E-state index in [9.17, 15) is 13.2 Å². The second-order valence-corrected chi connectivity index (χ2v) is 4.95. The van der Waals surface area contributed by atoms with Crippen molar-refractivity contribution >= 4 is 29.8 Å². The fourth-order valence-electron chi connectivity index (χ4n) is 1.29. The topological polar surface area (TPSA) is 31.2 Å². The highest BCUT2D eigenvalue weighted by molar-refractivity contribution is 7.80. The Morgan fingerprint density at radius 3 is 2.23 bits per heavy atom. The van der Waals surface area contributed by atoms with Crippen molar-refractivity contribution in [2.45, 2.75) is 13.1 Å². The highest BCUT2D eigenvalue weighted by atomic mass is 32.1. The minimum atomic E-state index is -4.32. The van der Waals surface area contributed by atoms with Gasteiger partial charge in [0.05, 0.1) is 12.1 Å². The van der Waals surface area contributed by atoms with Crippen molar-refractivity contribution in [3.63, 3.8) is 0 Å². The Morgan fingerprint density at radius 2 is 1.68 bits per heavy atom. The number of rotatable bonds is 4. The molecular formula is C14H17F3N4S. The highest BCUT2D eigenvalue weighted by Gasteiger charge is 2.34. The van der Waals surface area contributed by atoms with Crippen LogP contribution in [0.15, 0.2) is 40.5 Å². The van der Waals surface area contributed by atoms with Gasteiger partial charge in [-0.15, -0.1) is 0 Å². The van der Waals surface area contributed by atoms with Crippen molar-refractivity contribution < 1.29 is 13.2 Å². The number of hydrazone groups is 2. The van der Waals surface area contributed by atoms with E-state index in [1.165, 1.54) is 17.1 Å². The molecule has 4 nitrogen and oxygen atoms in total. The molecule has 0 amide bonds. The summed E-state index contributed by atoms with van der Waals surface area (Å²) in [6.45, 7) is 1.03. The maximum absolute atomic E-state index is 12.4. The summed E-state index contributed by atoms with van der Waals surface area (Å²) >= 11 is 5.10. The van der Waals surface area contributed by atoms with Crippen LogP contribution in [-0.4, -0.2) is 47.8 Å². The zero-order valence-electron chi connectivity index (χ0n) is 12.4. The lowest BCUT2D eigenvalue weighted by Gasteiger charge is -2.21. The first kappa shape index (κ1) is 18.1. The number of hydrogen-bond acceptors (Lipinski definition) is 3. The van der Waals surface area contributed by atoms with E-state index in [0.29, 0.717) is 0 Å². The van der Waals surface area contributed by atoms with Crippen LogP contribution in [0.5, 0.6) is 0 Å². The van der Waals surface area contributed by atoms with E-state index in [4.69, 9.17) is 12.2 Å². The van der Waals surface area contributed by atoms with Crippen LogP contribution in [0.4, 0.5) is 13.2 Å². The number of benzene rings is 1. The molecule has 1 rings (SSSR count). The van der Waals surface area contributed by atoms with Crippen molar-refractivity contribution in [3.8, 4) is 0 Å². The molecule has 120 valence electrons. The second-order valence-electron chi connectivity index (χ2n) is 4.58. The molecule has 0 N–H and O–H groups in total. The number of thiocarbonyl (C=S) groups is 1. The Balaban J connectivity index is 2.63. The normalized spacial score (nSPS) is 13.5. The van der Waals surface area contributed by atoms with Crippen molar-refractivity contribution in [2.75, 3.05) is 14.1 Å². The molecule has 22 heavy (non-hydrogen) atoms. The van der Waals surface area contributed by atoms with E-state index in [-0.39, 0.29) is 5.11 Å². The van der Waals surface area contributed by atoms with E-state index in [1.54, 1.807) is 13.3 Å². The van der Waals surface area contributed by atoms with Gasteiger partial charge in [-0.25, -0.2) is 10.0 Å². The van der Waals surface area contributed by atoms with Crippen molar-refractivity contribution in [1.29, 1.82) is 0 Å². The smallest absolute Gasteiger partial charge is 0.242 e. The first-order valence-electron chi connectivity index (χ1n) is 6.43. The van der Waals surface area contributed by atoms with Gasteiger partial charge < -0.3 is 0 Å². The van der Waals surface area contributed by atoms with Gasteiger partial charge in [0, 0.05) is 20.3 Å². The summed E-state index contributed by atoms with van der Waals surface area (Å²) in [5.41, 5.74) is 0.883. The molecule has 0 spiro atoms. The van der Waals surface area contributed by atoms with Gasteiger partial charge in [-0.05, 0) is 24.7 Å². The second kappa shape index (κ2) is 7.88. The average Bonchev–Trinajstić information content (AvgIpc) is 2.49. The summed E-state index contributed by atoms with van der Waals surface area (Å²) < 4.78 is 37.2. The molecule has 0 aliphatic heterocycles. The minimum Gasteiger partial charge on any atom is -0.242 e. The van der Waals surface area contributed by atoms with Crippen LogP contribution in [0, 0.1) is 5.92 Å². The van der Waals surface area contributed by atoms with Gasteiger partial charge in [0.1, 0.15) is 0 Å². The van der Waals surface area contributed by atoms with Gasteiger partial charge in [0.15, 0.2) is 0 Å². The van der Waals surface area contributed by atoms with Gasteiger partial charge in [-0.3, -0.25) is 0 Å². The molecule has 0 saturated carbocycles. The van der Waals surface area contributed by atoms with Gasteiger partial charge >= 0.3 is 6.18 Å². The molecule has 0 aromatic heterocycles. The standard InChI is InChI=1S/C14H17F3N4S/c1-11(14(15,16)17)9-18-20(2)13(22)21(3)19-10-12-7-5-4-6-8-12/h4-11H,1-3H3/b18-9+,19-10+. The van der Waals surface area contributed by atoms with Gasteiger partial charge in [0.2, 0.25) is 5.11 Å². The largest absolute Gasteiger partial charge is 0.396 e. The van der Waals surface area contributed by atoms with E-state index < -0.39 is 12.1 Å². The first-order valence-corrected chi connectivity index (χ1v) is 6.84. The van der Waals surface area contributed by atoms with E-state index in [2.05, 4.69) is 10.2 Å². The lowest BCUT2D eigenvalue weighted by atomic mass is 10.2. The summed E-state index contributed by atoms with van der Waals surface area (Å²) in [5, 5.41) is 10.5. The molecule has 0 heterocycles. The Kier molecular flexibility index (Phi) is 6.48. The Morgan fingerprint density at radius 1 is 1.14 bits per heavy atom. The third kappa shape index (κ3) is 5.80. The average molecular weight is 330 g/mol. The SMILES string of the molecule is CC(/C=N/N(C)C(=S)N(C)/N=C/c1ccccc1)C(F)(F)F. The highest BCUT2D eigenvalue weighted by Crippen LogP contribution is 2.24. The van der Waals surface area contributed by atoms with Crippen LogP contribution in [-0.2, 0) is 0 Å². The predicted molar refractivity (Wildman–Crippen MR) is 85.9 cm³/mol. The lowest BCUT2D eigenvalue weighted by molar-refractivity contribution is -0.149. The van der Waals surface area contributed by atoms with Crippen LogP contribution in [0.3, 0.4) is 0 Å². The van der Waals surface area contributed by atoms with Crippen molar-refractivity contribution in [3.05, 3.63) is 35.9 Å². The monoisotopic (exact) mass is 330 g/mol. The number of hydrogen-bond donors (Lipinski definition) is 0. The third-order valence-corrected chi connectivity index (χ3v) is 3.24. The van der Waals surface area contributed by atoms with Gasteiger partial charge in [-0.2, -0.15) is 23.4 Å². The van der Waals surface area contributed by atoms with Crippen LogP contribution in [0.25, 0.3) is 0 Å². The van der Waals surface area contributed by atoms with E-state index in [0.717, 1.165) is 18.7 Å². The number of halogens is 3. The van der Waals surface area contributed by atoms with E-state index in [1.807, 2.05) is 30.3 Å². The van der Waals surface area contributed by atoms with Crippen molar-refractivity contribution in [1.82, 2.24) is 10.0 Å². The fraction of sp³-hybridized carbons (Fsp3) is 0.357. The molecule has 0 saturated heterocycles. The summed E-state index contributed by atoms with van der Waals surface area (Å²) in [4.78, 5) is 0. The van der Waals surface area contributed by atoms with Crippen LogP contribution in [0.2, 0.25) is 0 Å². The van der Waals surface area contributed by atoms with Crippen LogP contribution < -0.4 is 0 Å². The minimum absolute atomic E-state index is 0.179. The molecule has 0 aliphatic rings. The zero-order valence-corrected chi connectivity index (χ0v) is 13.3. The summed E-state index contributed by atoms with van der Waals surface area (Å²) in [7, 11) is 3.07. The lowest BCUT2D eigenvalue weighted by Crippen LogP contribution is -2.33. The van der Waals surface area contributed by atoms with Crippen molar-refractivity contribution in [2.24, 2.45) is 16.1 Å². The maximum atomic E-state index is 12.4. The molecule has 8 heteroatoms. The zero-order chi connectivity index (χ0) is 16.8. The molecule has 0 bridgehead atoms. The quantitative estimate of drug-likeness (QED) is 0.482. The number of nitrogens with zero attached hydrogens (tertiary/aromatic N) is 4. The summed E-state index contributed by atoms with van der Waals surface area (Å²) in [6.07, 6.45) is -1.91. The van der Waals surface area contributed by atoms with Crippen LogP contribution in [0.1, 0.15) is 12.5 Å². The Bertz CT molecular complexity index is 543.